The lowest BCUT2D eigenvalue weighted by Gasteiger charge is -2.11. The molecule has 0 saturated carbocycles. The second-order valence-corrected chi connectivity index (χ2v) is 6.12. The van der Waals surface area contributed by atoms with Crippen molar-refractivity contribution in [1.29, 1.82) is 0 Å². The van der Waals surface area contributed by atoms with E-state index >= 15 is 0 Å². The summed E-state index contributed by atoms with van der Waals surface area (Å²) in [5.74, 6) is -1.96. The van der Waals surface area contributed by atoms with E-state index in [1.165, 1.54) is 13.2 Å². The van der Waals surface area contributed by atoms with Crippen LogP contribution in [0.15, 0.2) is 28.6 Å². The Balaban J connectivity index is 3.55. The van der Waals surface area contributed by atoms with Crippen LogP contribution in [0.1, 0.15) is 10.4 Å². The molecule has 5 nitrogen and oxygen atoms in total. The highest BCUT2D eigenvalue weighted by atomic mass is 35.5. The third kappa shape index (κ3) is 3.62. The number of sulfone groups is 1. The molecule has 1 aromatic rings. The van der Waals surface area contributed by atoms with E-state index < -0.39 is 15.8 Å². The van der Waals surface area contributed by atoms with E-state index in [-0.39, 0.29) is 27.0 Å². The van der Waals surface area contributed by atoms with Crippen LogP contribution in [0.3, 0.4) is 0 Å². The lowest BCUT2D eigenvalue weighted by molar-refractivity contribution is 0.0693. The van der Waals surface area contributed by atoms with Crippen LogP contribution < -0.4 is 4.74 Å². The molecule has 104 valence electrons. The summed E-state index contributed by atoms with van der Waals surface area (Å²) in [7, 11) is -2.60. The zero-order valence-electron chi connectivity index (χ0n) is 9.76. The summed E-state index contributed by atoms with van der Waals surface area (Å²) >= 11 is 11.0. The molecule has 0 radical (unpaired) electrons. The van der Waals surface area contributed by atoms with Gasteiger partial charge in [-0.3, -0.25) is 0 Å². The fraction of sp³-hybridized carbons (Fsp3) is 0.182. The molecular formula is C11H10Cl2O5S. The third-order valence-corrected chi connectivity index (χ3v) is 4.19. The van der Waals surface area contributed by atoms with Crippen molar-refractivity contribution >= 4 is 39.0 Å². The van der Waals surface area contributed by atoms with Gasteiger partial charge in [0.05, 0.1) is 12.9 Å². The molecule has 1 N–H and O–H groups in total. The molecule has 0 aliphatic carbocycles. The van der Waals surface area contributed by atoms with Crippen molar-refractivity contribution in [2.75, 3.05) is 12.9 Å². The Labute approximate surface area is 120 Å². The summed E-state index contributed by atoms with van der Waals surface area (Å²) in [6.45, 7) is 0. The smallest absolute Gasteiger partial charge is 0.339 e. The molecule has 0 saturated heterocycles. The van der Waals surface area contributed by atoms with E-state index in [1.807, 2.05) is 0 Å². The van der Waals surface area contributed by atoms with Gasteiger partial charge >= 0.3 is 5.97 Å². The number of ether oxygens (including phenoxy) is 1. The van der Waals surface area contributed by atoms with E-state index in [4.69, 9.17) is 33.0 Å². The summed E-state index contributed by atoms with van der Waals surface area (Å²) in [6.07, 6.45) is 1.22. The minimum absolute atomic E-state index is 0.00775. The zero-order valence-corrected chi connectivity index (χ0v) is 12.1. The normalized spacial score (nSPS) is 11.7. The number of carboxylic acids is 1. The van der Waals surface area contributed by atoms with Crippen molar-refractivity contribution in [1.82, 2.24) is 0 Å². The molecule has 0 spiro atoms. The predicted octanol–water partition coefficient (Wildman–Crippen LogP) is 2.57. The summed E-state index contributed by atoms with van der Waals surface area (Å²) in [6, 6.07) is 2.27. The number of hydrogen-bond acceptors (Lipinski definition) is 4. The van der Waals surface area contributed by atoms with E-state index in [1.54, 1.807) is 0 Å². The minimum atomic E-state index is -3.79. The monoisotopic (exact) mass is 324 g/mol. The van der Waals surface area contributed by atoms with Gasteiger partial charge in [-0.15, -0.1) is 0 Å². The van der Waals surface area contributed by atoms with Gasteiger partial charge in [0, 0.05) is 10.6 Å². The standard InChI is InChI=1S/C11H10Cl2O5S/c1-18-10-8(11(14)15)5-7(13)6-9(10)19(16,17)4-2-3-12/h2-3,5-6H,4H2,1H3,(H,14,15)/b3-2+. The maximum Gasteiger partial charge on any atom is 0.339 e. The van der Waals surface area contributed by atoms with Gasteiger partial charge < -0.3 is 9.84 Å². The Kier molecular flexibility index (Phi) is 5.22. The summed E-state index contributed by atoms with van der Waals surface area (Å²) in [4.78, 5) is 10.8. The lowest BCUT2D eigenvalue weighted by Crippen LogP contribution is -2.10. The van der Waals surface area contributed by atoms with Crippen molar-refractivity contribution < 1.29 is 23.1 Å². The zero-order chi connectivity index (χ0) is 14.6. The van der Waals surface area contributed by atoms with Gasteiger partial charge in [-0.2, -0.15) is 0 Å². The van der Waals surface area contributed by atoms with Crippen molar-refractivity contribution in [2.24, 2.45) is 0 Å². The quantitative estimate of drug-likeness (QED) is 0.900. The Morgan fingerprint density at radius 2 is 2.11 bits per heavy atom. The summed E-state index contributed by atoms with van der Waals surface area (Å²) < 4.78 is 29.0. The lowest BCUT2D eigenvalue weighted by atomic mass is 10.2. The molecule has 0 aromatic heterocycles. The maximum absolute atomic E-state index is 12.1. The van der Waals surface area contributed by atoms with Crippen molar-refractivity contribution in [3.05, 3.63) is 34.3 Å². The van der Waals surface area contributed by atoms with Crippen LogP contribution in [0.25, 0.3) is 0 Å². The summed E-state index contributed by atoms with van der Waals surface area (Å²) in [5, 5.41) is 9.01. The van der Waals surface area contributed by atoms with Gasteiger partial charge in [0.15, 0.2) is 15.6 Å². The molecule has 0 aliphatic rings. The van der Waals surface area contributed by atoms with Crippen LogP contribution in [0.5, 0.6) is 5.75 Å². The number of benzene rings is 1. The van der Waals surface area contributed by atoms with Gasteiger partial charge in [-0.1, -0.05) is 29.3 Å². The molecule has 0 bridgehead atoms. The van der Waals surface area contributed by atoms with Crippen LogP contribution >= 0.6 is 23.2 Å². The highest BCUT2D eigenvalue weighted by Crippen LogP contribution is 2.32. The Bertz CT molecular complexity index is 622. The van der Waals surface area contributed by atoms with Crippen molar-refractivity contribution in [3.63, 3.8) is 0 Å². The average molecular weight is 325 g/mol. The maximum atomic E-state index is 12.1. The van der Waals surface area contributed by atoms with E-state index in [0.717, 1.165) is 17.7 Å². The van der Waals surface area contributed by atoms with E-state index in [2.05, 4.69) is 0 Å². The number of carboxylic acid groups (broad SMARTS) is 1. The third-order valence-electron chi connectivity index (χ3n) is 2.19. The fourth-order valence-corrected chi connectivity index (χ4v) is 3.21. The minimum Gasteiger partial charge on any atom is -0.494 e. The molecule has 0 aliphatic heterocycles. The Morgan fingerprint density at radius 3 is 2.58 bits per heavy atom. The van der Waals surface area contributed by atoms with Crippen LogP contribution in [0, 0.1) is 0 Å². The number of aromatic carboxylic acids is 1. The molecule has 0 fully saturated rings. The van der Waals surface area contributed by atoms with Gasteiger partial charge in [0.2, 0.25) is 0 Å². The van der Waals surface area contributed by atoms with E-state index in [0.29, 0.717) is 0 Å². The van der Waals surface area contributed by atoms with Crippen LogP contribution in [-0.2, 0) is 9.84 Å². The molecule has 8 heteroatoms. The van der Waals surface area contributed by atoms with Gasteiger partial charge in [0.25, 0.3) is 0 Å². The first-order valence-corrected chi connectivity index (χ1v) is 7.39. The van der Waals surface area contributed by atoms with Crippen molar-refractivity contribution in [3.8, 4) is 5.75 Å². The SMILES string of the molecule is COc1c(C(=O)O)cc(Cl)cc1S(=O)(=O)C/C=C/Cl. The number of carbonyl (C=O) groups is 1. The van der Waals surface area contributed by atoms with Gasteiger partial charge in [-0.05, 0) is 12.1 Å². The molecule has 1 rings (SSSR count). The first-order chi connectivity index (χ1) is 8.83. The Morgan fingerprint density at radius 1 is 1.47 bits per heavy atom. The first kappa shape index (κ1) is 15.8. The molecular weight excluding hydrogens is 315 g/mol. The number of rotatable bonds is 5. The second kappa shape index (κ2) is 6.27. The van der Waals surface area contributed by atoms with Crippen molar-refractivity contribution in [2.45, 2.75) is 4.90 Å². The molecule has 0 amide bonds. The van der Waals surface area contributed by atoms with Crippen LogP contribution in [0.4, 0.5) is 0 Å². The largest absolute Gasteiger partial charge is 0.494 e. The highest BCUT2D eigenvalue weighted by molar-refractivity contribution is 7.91. The molecule has 19 heavy (non-hydrogen) atoms. The van der Waals surface area contributed by atoms with Gasteiger partial charge in [-0.25, -0.2) is 13.2 Å². The first-order valence-electron chi connectivity index (χ1n) is 4.92. The summed E-state index contributed by atoms with van der Waals surface area (Å²) in [5.41, 5.74) is 0.746. The molecule has 0 heterocycles. The predicted molar refractivity (Wildman–Crippen MR) is 72.0 cm³/mol. The fourth-order valence-electron chi connectivity index (χ4n) is 1.42. The number of methoxy groups -OCH3 is 1. The second-order valence-electron chi connectivity index (χ2n) is 3.43. The van der Waals surface area contributed by atoms with Crippen LogP contribution in [-0.4, -0.2) is 32.4 Å². The van der Waals surface area contributed by atoms with Crippen LogP contribution in [0.2, 0.25) is 5.02 Å². The van der Waals surface area contributed by atoms with Gasteiger partial charge in [0.1, 0.15) is 10.5 Å². The molecule has 0 atom stereocenters. The van der Waals surface area contributed by atoms with E-state index in [9.17, 15) is 13.2 Å². The number of hydrogen-bond donors (Lipinski definition) is 1. The highest BCUT2D eigenvalue weighted by Gasteiger charge is 2.24. The topological polar surface area (TPSA) is 80.7 Å². The molecule has 0 unspecified atom stereocenters. The Hall–Kier alpha value is -1.24. The average Bonchev–Trinajstić information content (AvgIpc) is 2.35. The molecule has 1 aromatic carbocycles. The number of halogens is 2.